The van der Waals surface area contributed by atoms with Crippen molar-refractivity contribution in [2.24, 2.45) is 0 Å². The molecule has 10 heteroatoms. The average Bonchev–Trinajstić information content (AvgIpc) is 3.48. The number of halogens is 2. The molecule has 3 aromatic heterocycles. The van der Waals surface area contributed by atoms with Crippen LogP contribution in [0.4, 0.5) is 26.1 Å². The highest BCUT2D eigenvalue weighted by Gasteiger charge is 2.20. The maximum atomic E-state index is 13.7. The van der Waals surface area contributed by atoms with Crippen molar-refractivity contribution in [3.8, 4) is 22.6 Å². The van der Waals surface area contributed by atoms with E-state index in [1.807, 2.05) is 40.9 Å². The van der Waals surface area contributed by atoms with Gasteiger partial charge in [-0.15, -0.1) is 0 Å². The van der Waals surface area contributed by atoms with Crippen molar-refractivity contribution in [1.29, 1.82) is 0 Å². The molecule has 4 heterocycles. The molecule has 0 fully saturated rings. The fourth-order valence-electron chi connectivity index (χ4n) is 6.00. The van der Waals surface area contributed by atoms with Crippen LogP contribution < -0.4 is 10.6 Å². The molecule has 0 saturated heterocycles. The van der Waals surface area contributed by atoms with E-state index >= 15 is 0 Å². The van der Waals surface area contributed by atoms with Crippen molar-refractivity contribution in [1.82, 2.24) is 24.3 Å². The van der Waals surface area contributed by atoms with E-state index < -0.39 is 19.3 Å². The lowest BCUT2D eigenvalue weighted by molar-refractivity contribution is 0.102. The molecule has 0 bridgehead atoms. The molecule has 230 valence electrons. The Kier molecular flexibility index (Phi) is 7.94. The molecular formula is C36H31F2N7O. The molecule has 1 amide bonds. The van der Waals surface area contributed by atoms with Gasteiger partial charge in [-0.3, -0.25) is 9.20 Å². The molecular weight excluding hydrogens is 584 g/mol. The minimum Gasteiger partial charge on any atom is -0.324 e. The first-order chi connectivity index (χ1) is 22.5. The number of imidazole rings is 1. The molecule has 0 spiro atoms. The molecule has 1 aliphatic heterocycles. The van der Waals surface area contributed by atoms with Gasteiger partial charge in [0.05, 0.1) is 22.6 Å². The van der Waals surface area contributed by atoms with E-state index in [2.05, 4.69) is 45.8 Å². The van der Waals surface area contributed by atoms with Crippen molar-refractivity contribution < 1.29 is 13.6 Å². The Bertz CT molecular complexity index is 2050. The van der Waals surface area contributed by atoms with Crippen molar-refractivity contribution in [3.05, 3.63) is 125 Å². The topological polar surface area (TPSA) is 87.5 Å². The second kappa shape index (κ2) is 12.5. The summed E-state index contributed by atoms with van der Waals surface area (Å²) in [6.07, 6.45) is 4.67. The minimum atomic E-state index is -0.874. The van der Waals surface area contributed by atoms with Gasteiger partial charge in [-0.25, -0.2) is 23.7 Å². The molecule has 0 aliphatic carbocycles. The zero-order valence-electron chi connectivity index (χ0n) is 25.2. The largest absolute Gasteiger partial charge is 0.324 e. The lowest BCUT2D eigenvalue weighted by Crippen LogP contribution is -2.26. The Labute approximate surface area is 264 Å². The number of fused-ring (bicyclic) bond motifs is 2. The molecule has 3 aromatic carbocycles. The van der Waals surface area contributed by atoms with Gasteiger partial charge >= 0.3 is 0 Å². The predicted molar refractivity (Wildman–Crippen MR) is 175 cm³/mol. The van der Waals surface area contributed by atoms with Crippen LogP contribution in [0.5, 0.6) is 0 Å². The number of nitrogens with one attached hydrogen (secondary N) is 2. The van der Waals surface area contributed by atoms with Gasteiger partial charge in [0.2, 0.25) is 5.95 Å². The monoisotopic (exact) mass is 615 g/mol. The normalized spacial score (nSPS) is 13.0. The number of rotatable bonds is 8. The van der Waals surface area contributed by atoms with Gasteiger partial charge in [-0.05, 0) is 78.2 Å². The minimum absolute atomic E-state index is 0.0123. The van der Waals surface area contributed by atoms with E-state index in [1.54, 1.807) is 30.5 Å². The summed E-state index contributed by atoms with van der Waals surface area (Å²) < 4.78 is 29.4. The van der Waals surface area contributed by atoms with E-state index in [0.29, 0.717) is 23.0 Å². The molecule has 6 aromatic rings. The van der Waals surface area contributed by atoms with E-state index in [1.165, 1.54) is 23.3 Å². The van der Waals surface area contributed by atoms with Crippen LogP contribution >= 0.6 is 0 Å². The summed E-state index contributed by atoms with van der Waals surface area (Å²) in [6, 6.07) is 25.7. The maximum Gasteiger partial charge on any atom is 0.256 e. The Morgan fingerprint density at radius 3 is 2.52 bits per heavy atom. The van der Waals surface area contributed by atoms with Crippen LogP contribution in [0.1, 0.15) is 32.6 Å². The lowest BCUT2D eigenvalue weighted by atomic mass is 9.99. The van der Waals surface area contributed by atoms with E-state index in [4.69, 9.17) is 9.97 Å². The molecule has 0 atom stereocenters. The number of likely N-dealkylation sites (N-methyl/N-ethyl adjacent to an activating group) is 1. The van der Waals surface area contributed by atoms with Crippen LogP contribution in [0.15, 0.2) is 97.3 Å². The summed E-state index contributed by atoms with van der Waals surface area (Å²) in [5.41, 5.74) is 7.83. The molecule has 0 saturated carbocycles. The fourth-order valence-corrected chi connectivity index (χ4v) is 6.00. The lowest BCUT2D eigenvalue weighted by Gasteiger charge is -2.25. The molecule has 1 aliphatic rings. The third-order valence-electron chi connectivity index (χ3n) is 8.24. The SMILES string of the molecule is CN1CCc2ccc(Nc3nccc(-c4c(-c5cccc(NC(=O)c6c(CF)cccc6CF)c5)nc5ccccn45)n3)cc2C1. The van der Waals surface area contributed by atoms with E-state index in [0.717, 1.165) is 42.1 Å². The smallest absolute Gasteiger partial charge is 0.256 e. The molecule has 7 rings (SSSR count). The first-order valence-electron chi connectivity index (χ1n) is 15.0. The summed E-state index contributed by atoms with van der Waals surface area (Å²) in [5, 5.41) is 6.20. The van der Waals surface area contributed by atoms with Crippen LogP contribution in [0.25, 0.3) is 28.3 Å². The van der Waals surface area contributed by atoms with Gasteiger partial charge in [0.1, 0.15) is 19.0 Å². The maximum absolute atomic E-state index is 13.7. The predicted octanol–water partition coefficient (Wildman–Crippen LogP) is 7.38. The highest BCUT2D eigenvalue weighted by molar-refractivity contribution is 6.06. The van der Waals surface area contributed by atoms with Gasteiger partial charge in [-0.2, -0.15) is 0 Å². The van der Waals surface area contributed by atoms with E-state index in [-0.39, 0.29) is 16.7 Å². The van der Waals surface area contributed by atoms with Crippen molar-refractivity contribution in [3.63, 3.8) is 0 Å². The van der Waals surface area contributed by atoms with Crippen LogP contribution in [-0.4, -0.2) is 43.8 Å². The third kappa shape index (κ3) is 5.70. The number of nitrogens with zero attached hydrogens (tertiary/aromatic N) is 5. The first kappa shape index (κ1) is 29.2. The molecule has 0 unspecified atom stereocenters. The second-order valence-corrected chi connectivity index (χ2v) is 11.4. The number of hydrogen-bond donors (Lipinski definition) is 2. The fraction of sp³-hybridized carbons (Fsp3) is 0.167. The summed E-state index contributed by atoms with van der Waals surface area (Å²) >= 11 is 0. The Morgan fingerprint density at radius 1 is 0.870 bits per heavy atom. The van der Waals surface area contributed by atoms with Gasteiger partial charge in [-0.1, -0.05) is 42.5 Å². The number of benzene rings is 3. The summed E-state index contributed by atoms with van der Waals surface area (Å²) in [7, 11) is 2.13. The first-order valence-corrected chi connectivity index (χ1v) is 15.0. The number of amides is 1. The number of pyridine rings is 1. The van der Waals surface area contributed by atoms with Crippen molar-refractivity contribution >= 4 is 28.9 Å². The number of hydrogen-bond acceptors (Lipinski definition) is 6. The highest BCUT2D eigenvalue weighted by Crippen LogP contribution is 2.34. The van der Waals surface area contributed by atoms with Crippen molar-refractivity contribution in [2.75, 3.05) is 24.2 Å². The van der Waals surface area contributed by atoms with Crippen molar-refractivity contribution in [2.45, 2.75) is 26.3 Å². The highest BCUT2D eigenvalue weighted by atomic mass is 19.1. The number of anilines is 3. The van der Waals surface area contributed by atoms with Gasteiger partial charge < -0.3 is 15.5 Å². The standard InChI is InChI=1S/C36H31F2N7O/c1-44-17-14-23-11-12-29(19-27(23)22-44)41-36-39-15-13-30(42-36)34-33(43-31-10-2-3-16-45(31)34)24-6-5-9-28(18-24)40-35(46)32-25(20-37)7-4-8-26(32)21-38/h2-13,15-16,18-19H,14,17,20-22H2,1H3,(H,40,46)(H,39,41,42). The average molecular weight is 616 g/mol. The molecule has 0 radical (unpaired) electrons. The van der Waals surface area contributed by atoms with Gasteiger partial charge in [0, 0.05) is 42.4 Å². The van der Waals surface area contributed by atoms with Gasteiger partial charge in [0.15, 0.2) is 0 Å². The number of carbonyl (C=O) groups is 1. The number of aromatic nitrogens is 4. The quantitative estimate of drug-likeness (QED) is 0.186. The second-order valence-electron chi connectivity index (χ2n) is 11.4. The molecule has 2 N–H and O–H groups in total. The van der Waals surface area contributed by atoms with Crippen LogP contribution in [-0.2, 0) is 26.3 Å². The Balaban J connectivity index is 1.23. The number of alkyl halides is 2. The summed E-state index contributed by atoms with van der Waals surface area (Å²) in [6.45, 7) is 0.201. The van der Waals surface area contributed by atoms with Gasteiger partial charge in [0.25, 0.3) is 5.91 Å². The zero-order chi connectivity index (χ0) is 31.6. The molecule has 46 heavy (non-hydrogen) atoms. The van der Waals surface area contributed by atoms with Crippen LogP contribution in [0.3, 0.4) is 0 Å². The third-order valence-corrected chi connectivity index (χ3v) is 8.24. The Hall–Kier alpha value is -5.48. The van der Waals surface area contributed by atoms with Crippen LogP contribution in [0, 0.1) is 0 Å². The Morgan fingerprint density at radius 2 is 1.70 bits per heavy atom. The summed E-state index contributed by atoms with van der Waals surface area (Å²) in [5.74, 6) is -0.122. The zero-order valence-corrected chi connectivity index (χ0v) is 25.2. The van der Waals surface area contributed by atoms with E-state index in [9.17, 15) is 13.6 Å². The molecule has 8 nitrogen and oxygen atoms in total. The number of carbonyl (C=O) groups excluding carboxylic acids is 1. The van der Waals surface area contributed by atoms with Crippen LogP contribution in [0.2, 0.25) is 0 Å². The summed E-state index contributed by atoms with van der Waals surface area (Å²) in [4.78, 5) is 29.9.